The maximum Gasteiger partial charge on any atom is 0.264 e. The normalized spacial score (nSPS) is 12.8. The number of amides is 1. The third-order valence-corrected chi connectivity index (χ3v) is 7.13. The molecule has 0 bridgehead atoms. The van der Waals surface area contributed by atoms with Crippen LogP contribution >= 0.6 is 0 Å². The van der Waals surface area contributed by atoms with Gasteiger partial charge in [-0.05, 0) is 61.4 Å². The minimum Gasteiger partial charge on any atom is -0.486 e. The van der Waals surface area contributed by atoms with Crippen LogP contribution in [0.3, 0.4) is 0 Å². The summed E-state index contributed by atoms with van der Waals surface area (Å²) >= 11 is 0. The van der Waals surface area contributed by atoms with Gasteiger partial charge in [-0.2, -0.15) is 0 Å². The molecule has 0 saturated carbocycles. The van der Waals surface area contributed by atoms with Crippen LogP contribution in [0.25, 0.3) is 0 Å². The van der Waals surface area contributed by atoms with E-state index in [2.05, 4.69) is 5.32 Å². The average molecular weight is 471 g/mol. The van der Waals surface area contributed by atoms with Crippen molar-refractivity contribution in [3.63, 3.8) is 0 Å². The molecule has 1 N–H and O–H groups in total. The fraction of sp³-hybridized carbons (Fsp3) is 0.208. The number of hydrogen-bond acceptors (Lipinski definition) is 5. The van der Waals surface area contributed by atoms with E-state index >= 15 is 0 Å². The molecule has 1 aliphatic rings. The lowest BCUT2D eigenvalue weighted by Gasteiger charge is -2.25. The Balaban J connectivity index is 1.69. The summed E-state index contributed by atoms with van der Waals surface area (Å²) in [7, 11) is -4.24. The van der Waals surface area contributed by atoms with Gasteiger partial charge in [-0.3, -0.25) is 9.10 Å². The van der Waals surface area contributed by atoms with E-state index < -0.39 is 28.3 Å². The molecule has 33 heavy (non-hydrogen) atoms. The number of fused-ring (bicyclic) bond motifs is 1. The van der Waals surface area contributed by atoms with Crippen molar-refractivity contribution in [1.82, 2.24) is 0 Å². The Morgan fingerprint density at radius 1 is 1.00 bits per heavy atom. The Kier molecular flexibility index (Phi) is 6.24. The minimum atomic E-state index is -4.24. The van der Waals surface area contributed by atoms with Crippen LogP contribution < -0.4 is 19.1 Å². The maximum absolute atomic E-state index is 14.0. The van der Waals surface area contributed by atoms with Crippen molar-refractivity contribution in [1.29, 1.82) is 0 Å². The number of carbonyl (C=O) groups excluding carboxylic acids is 1. The summed E-state index contributed by atoms with van der Waals surface area (Å²) in [5.74, 6) is -0.453. The molecule has 1 aliphatic heterocycles. The summed E-state index contributed by atoms with van der Waals surface area (Å²) in [4.78, 5) is 12.8. The van der Waals surface area contributed by atoms with E-state index in [1.165, 1.54) is 36.4 Å². The highest BCUT2D eigenvalue weighted by molar-refractivity contribution is 7.92. The Hall–Kier alpha value is -3.59. The van der Waals surface area contributed by atoms with E-state index in [-0.39, 0.29) is 10.6 Å². The second kappa shape index (κ2) is 9.11. The number of halogens is 1. The van der Waals surface area contributed by atoms with Crippen LogP contribution in [0.1, 0.15) is 11.1 Å². The molecule has 0 spiro atoms. The molecule has 0 fully saturated rings. The van der Waals surface area contributed by atoms with Crippen molar-refractivity contribution < 1.29 is 27.1 Å². The Labute approximate surface area is 191 Å². The van der Waals surface area contributed by atoms with Crippen molar-refractivity contribution in [2.75, 3.05) is 29.4 Å². The number of nitrogens with zero attached hydrogens (tertiary/aromatic N) is 1. The van der Waals surface area contributed by atoms with Crippen molar-refractivity contribution in [2.24, 2.45) is 0 Å². The number of ether oxygens (including phenoxy) is 2. The summed E-state index contributed by atoms with van der Waals surface area (Å²) in [6.45, 7) is 3.89. The number of rotatable bonds is 6. The largest absolute Gasteiger partial charge is 0.486 e. The molecule has 172 valence electrons. The summed E-state index contributed by atoms with van der Waals surface area (Å²) in [6, 6.07) is 14.8. The van der Waals surface area contributed by atoms with Gasteiger partial charge in [0.1, 0.15) is 25.6 Å². The Morgan fingerprint density at radius 2 is 1.73 bits per heavy atom. The van der Waals surface area contributed by atoms with Crippen LogP contribution in [-0.2, 0) is 14.8 Å². The molecule has 4 rings (SSSR count). The van der Waals surface area contributed by atoms with Gasteiger partial charge >= 0.3 is 0 Å². The van der Waals surface area contributed by atoms with Crippen LogP contribution in [0, 0.1) is 19.7 Å². The zero-order chi connectivity index (χ0) is 23.6. The van der Waals surface area contributed by atoms with Gasteiger partial charge in [0.15, 0.2) is 11.5 Å². The molecular weight excluding hydrogens is 447 g/mol. The Morgan fingerprint density at radius 3 is 2.48 bits per heavy atom. The average Bonchev–Trinajstić information content (AvgIpc) is 2.80. The van der Waals surface area contributed by atoms with Crippen LogP contribution in [-0.4, -0.2) is 34.1 Å². The second-order valence-electron chi connectivity index (χ2n) is 7.59. The predicted octanol–water partition coefficient (Wildman–Crippen LogP) is 4.05. The first-order valence-electron chi connectivity index (χ1n) is 10.3. The molecule has 3 aromatic carbocycles. The summed E-state index contributed by atoms with van der Waals surface area (Å²) in [5, 5.41) is 2.76. The summed E-state index contributed by atoms with van der Waals surface area (Å²) in [6.07, 6.45) is 0. The third kappa shape index (κ3) is 4.78. The Bertz CT molecular complexity index is 1310. The van der Waals surface area contributed by atoms with Gasteiger partial charge in [0.05, 0.1) is 10.6 Å². The smallest absolute Gasteiger partial charge is 0.264 e. The maximum atomic E-state index is 14.0. The highest BCUT2D eigenvalue weighted by atomic mass is 32.2. The molecule has 0 saturated heterocycles. The standard InChI is InChI=1S/C24H23FN2O5S/c1-16-5-3-8-21(17(16)2)26-24(28)15-27(19-7-4-6-18(25)13-19)33(29,30)20-9-10-22-23(14-20)32-12-11-31-22/h3-10,13-14H,11-12,15H2,1-2H3,(H,26,28). The molecule has 0 radical (unpaired) electrons. The molecule has 3 aromatic rings. The van der Waals surface area contributed by atoms with Crippen LogP contribution in [0.4, 0.5) is 15.8 Å². The van der Waals surface area contributed by atoms with Crippen molar-refractivity contribution in [2.45, 2.75) is 18.7 Å². The summed E-state index contributed by atoms with van der Waals surface area (Å²) in [5.41, 5.74) is 2.47. The first-order chi connectivity index (χ1) is 15.8. The van der Waals surface area contributed by atoms with Crippen molar-refractivity contribution in [3.05, 3.63) is 77.6 Å². The fourth-order valence-electron chi connectivity index (χ4n) is 3.46. The molecule has 1 heterocycles. The van der Waals surface area contributed by atoms with E-state index in [9.17, 15) is 17.6 Å². The lowest BCUT2D eigenvalue weighted by Crippen LogP contribution is -2.38. The second-order valence-corrected chi connectivity index (χ2v) is 9.45. The number of benzene rings is 3. The van der Waals surface area contributed by atoms with E-state index in [0.29, 0.717) is 30.4 Å². The minimum absolute atomic E-state index is 0.0287. The zero-order valence-corrected chi connectivity index (χ0v) is 19.0. The lowest BCUT2D eigenvalue weighted by atomic mass is 10.1. The van der Waals surface area contributed by atoms with Gasteiger partial charge in [0.25, 0.3) is 10.0 Å². The first-order valence-corrected chi connectivity index (χ1v) is 11.7. The highest BCUT2D eigenvalue weighted by Crippen LogP contribution is 2.34. The monoisotopic (exact) mass is 470 g/mol. The number of aryl methyl sites for hydroxylation is 1. The zero-order valence-electron chi connectivity index (χ0n) is 18.2. The lowest BCUT2D eigenvalue weighted by molar-refractivity contribution is -0.114. The number of hydrogen-bond donors (Lipinski definition) is 1. The molecule has 0 aliphatic carbocycles. The van der Waals surface area contributed by atoms with Gasteiger partial charge in [-0.1, -0.05) is 18.2 Å². The predicted molar refractivity (Wildman–Crippen MR) is 123 cm³/mol. The number of nitrogens with one attached hydrogen (secondary N) is 1. The molecule has 9 heteroatoms. The van der Waals surface area contributed by atoms with Crippen LogP contribution in [0.5, 0.6) is 11.5 Å². The van der Waals surface area contributed by atoms with Crippen LogP contribution in [0.15, 0.2) is 65.6 Å². The quantitative estimate of drug-likeness (QED) is 0.588. The topological polar surface area (TPSA) is 84.9 Å². The summed E-state index contributed by atoms with van der Waals surface area (Å²) < 4.78 is 52.9. The molecule has 1 amide bonds. The van der Waals surface area contributed by atoms with Crippen molar-refractivity contribution in [3.8, 4) is 11.5 Å². The molecule has 0 unspecified atom stereocenters. The van der Waals surface area contributed by atoms with E-state index in [1.807, 2.05) is 19.9 Å². The van der Waals surface area contributed by atoms with Crippen molar-refractivity contribution >= 4 is 27.3 Å². The van der Waals surface area contributed by atoms with Crippen LogP contribution in [0.2, 0.25) is 0 Å². The van der Waals surface area contributed by atoms with Gasteiger partial charge in [0.2, 0.25) is 5.91 Å². The highest BCUT2D eigenvalue weighted by Gasteiger charge is 2.29. The molecule has 0 atom stereocenters. The molecular formula is C24H23FN2O5S. The number of carbonyl (C=O) groups is 1. The third-order valence-electron chi connectivity index (χ3n) is 5.36. The number of sulfonamides is 1. The van der Waals surface area contributed by atoms with Gasteiger partial charge in [-0.15, -0.1) is 0 Å². The molecule has 7 nitrogen and oxygen atoms in total. The fourth-order valence-corrected chi connectivity index (χ4v) is 4.89. The van der Waals surface area contributed by atoms with E-state index in [1.54, 1.807) is 12.1 Å². The van der Waals surface area contributed by atoms with Gasteiger partial charge in [0, 0.05) is 11.8 Å². The van der Waals surface area contributed by atoms with E-state index in [0.717, 1.165) is 21.5 Å². The van der Waals surface area contributed by atoms with E-state index in [4.69, 9.17) is 9.47 Å². The number of anilines is 2. The van der Waals surface area contributed by atoms with Gasteiger partial charge < -0.3 is 14.8 Å². The molecule has 0 aromatic heterocycles. The first kappa shape index (κ1) is 22.6. The van der Waals surface area contributed by atoms with Gasteiger partial charge in [-0.25, -0.2) is 12.8 Å². The SMILES string of the molecule is Cc1cccc(NC(=O)CN(c2cccc(F)c2)S(=O)(=O)c2ccc3c(c2)OCCO3)c1C.